The summed E-state index contributed by atoms with van der Waals surface area (Å²) in [6.45, 7) is 0. The maximum atomic E-state index is 13.4. The number of amidine groups is 1. The fraction of sp³-hybridized carbons (Fsp3) is 0.182. The van der Waals surface area contributed by atoms with E-state index >= 15 is 0 Å². The Morgan fingerprint density at radius 2 is 2.00 bits per heavy atom. The van der Waals surface area contributed by atoms with Crippen LogP contribution in [0.25, 0.3) is 0 Å². The highest BCUT2D eigenvalue weighted by atomic mass is 32.2. The van der Waals surface area contributed by atoms with Gasteiger partial charge in [-0.2, -0.15) is 23.7 Å². The van der Waals surface area contributed by atoms with Crippen LogP contribution in [0.4, 0.5) is 23.2 Å². The first-order valence-corrected chi connectivity index (χ1v) is 6.15. The number of benzene rings is 1. The lowest BCUT2D eigenvalue weighted by atomic mass is 10.1. The van der Waals surface area contributed by atoms with Crippen LogP contribution < -0.4 is 5.32 Å². The van der Waals surface area contributed by atoms with Gasteiger partial charge in [-0.3, -0.25) is 5.32 Å². The van der Waals surface area contributed by atoms with Crippen LogP contribution in [0.3, 0.4) is 0 Å². The average Bonchev–Trinajstić information content (AvgIpc) is 2.36. The molecule has 104 valence electrons. The minimum atomic E-state index is -5.01. The van der Waals surface area contributed by atoms with Gasteiger partial charge >= 0.3 is 6.18 Å². The van der Waals surface area contributed by atoms with Gasteiger partial charge in [0.2, 0.25) is 0 Å². The fourth-order valence-electron chi connectivity index (χ4n) is 1.32. The van der Waals surface area contributed by atoms with Crippen LogP contribution in [0.5, 0.6) is 0 Å². The Morgan fingerprint density at radius 3 is 2.45 bits per heavy atom. The number of hydrogen-bond acceptors (Lipinski definition) is 4. The molecule has 0 bridgehead atoms. The molecule has 0 aliphatic carbocycles. The van der Waals surface area contributed by atoms with E-state index in [0.29, 0.717) is 6.07 Å². The average molecular weight is 302 g/mol. The molecule has 0 radical (unpaired) electrons. The quantitative estimate of drug-likeness (QED) is 0.284. The normalized spacial score (nSPS) is 11.7. The van der Waals surface area contributed by atoms with Crippen LogP contribution >= 0.6 is 11.8 Å². The molecule has 1 rings (SSSR count). The molecule has 0 atom stereocenters. The van der Waals surface area contributed by atoms with E-state index in [1.54, 1.807) is 0 Å². The van der Waals surface area contributed by atoms with Crippen LogP contribution in [0.1, 0.15) is 11.1 Å². The number of nitrogens with one attached hydrogen (secondary N) is 1. The first-order chi connectivity index (χ1) is 9.35. The Hall–Kier alpha value is -2.26. The molecular formula is C11H6F4N4S. The van der Waals surface area contributed by atoms with Crippen LogP contribution in [-0.4, -0.2) is 11.4 Å². The van der Waals surface area contributed by atoms with E-state index in [4.69, 9.17) is 10.5 Å². The third-order valence-corrected chi connectivity index (χ3v) is 2.68. The fourth-order valence-corrected chi connectivity index (χ4v) is 1.65. The number of hydrogen-bond donors (Lipinski definition) is 1. The van der Waals surface area contributed by atoms with Crippen LogP contribution in [0.2, 0.25) is 0 Å². The van der Waals surface area contributed by atoms with Gasteiger partial charge in [-0.15, -0.1) is 0 Å². The molecule has 1 N–H and O–H groups in total. The summed E-state index contributed by atoms with van der Waals surface area (Å²) in [4.78, 5) is 3.53. The summed E-state index contributed by atoms with van der Waals surface area (Å²) in [5.74, 6) is -1.53. The highest BCUT2D eigenvalue weighted by Crippen LogP contribution is 2.40. The Balaban J connectivity index is 3.63. The monoisotopic (exact) mass is 302 g/mol. The summed E-state index contributed by atoms with van der Waals surface area (Å²) in [5, 5.41) is 19.1. The van der Waals surface area contributed by atoms with E-state index in [1.807, 2.05) is 5.32 Å². The molecule has 0 fully saturated rings. The molecule has 0 aliphatic rings. The molecule has 0 aliphatic heterocycles. The van der Waals surface area contributed by atoms with Crippen molar-refractivity contribution in [2.75, 3.05) is 6.26 Å². The number of aliphatic imine (C=N–C) groups is 1. The van der Waals surface area contributed by atoms with Crippen molar-refractivity contribution in [2.24, 2.45) is 4.99 Å². The molecule has 0 heterocycles. The minimum Gasteiger partial charge on any atom is -0.271 e. The third kappa shape index (κ3) is 3.39. The lowest BCUT2D eigenvalue weighted by molar-refractivity contribution is -0.139. The van der Waals surface area contributed by atoms with Gasteiger partial charge in [0, 0.05) is 0 Å². The van der Waals surface area contributed by atoms with E-state index in [0.717, 1.165) is 17.8 Å². The van der Waals surface area contributed by atoms with Crippen molar-refractivity contribution in [1.29, 1.82) is 10.5 Å². The second-order valence-corrected chi connectivity index (χ2v) is 4.08. The predicted octanol–water partition coefficient (Wildman–Crippen LogP) is 3.14. The topological polar surface area (TPSA) is 72.0 Å². The van der Waals surface area contributed by atoms with Crippen molar-refractivity contribution in [3.05, 3.63) is 29.1 Å². The van der Waals surface area contributed by atoms with Gasteiger partial charge in [-0.25, -0.2) is 9.38 Å². The molecule has 0 aromatic heterocycles. The first kappa shape index (κ1) is 15.8. The summed E-state index contributed by atoms with van der Waals surface area (Å²) in [6, 6.07) is 2.96. The summed E-state index contributed by atoms with van der Waals surface area (Å²) in [6.07, 6.45) is -2.06. The lowest BCUT2D eigenvalue weighted by Gasteiger charge is -2.12. The minimum absolute atomic E-state index is 0.180. The van der Waals surface area contributed by atoms with E-state index < -0.39 is 28.8 Å². The SMILES string of the molecule is CSC(=Nc1c(C#N)ccc(F)c1C(F)(F)F)NC#N. The van der Waals surface area contributed by atoms with Gasteiger partial charge in [0.15, 0.2) is 11.4 Å². The smallest absolute Gasteiger partial charge is 0.271 e. The number of halogens is 4. The molecule has 1 aromatic carbocycles. The number of rotatable bonds is 1. The highest BCUT2D eigenvalue weighted by molar-refractivity contribution is 8.13. The molecule has 4 nitrogen and oxygen atoms in total. The van der Waals surface area contributed by atoms with E-state index in [-0.39, 0.29) is 5.17 Å². The second kappa shape index (κ2) is 6.26. The number of thioether (sulfide) groups is 1. The zero-order valence-corrected chi connectivity index (χ0v) is 10.7. The van der Waals surface area contributed by atoms with Gasteiger partial charge < -0.3 is 0 Å². The molecule has 0 amide bonds. The van der Waals surface area contributed by atoms with Gasteiger partial charge in [-0.1, -0.05) is 11.8 Å². The van der Waals surface area contributed by atoms with Crippen molar-refractivity contribution < 1.29 is 17.6 Å². The summed E-state index contributed by atoms with van der Waals surface area (Å²) in [7, 11) is 0. The Morgan fingerprint density at radius 1 is 1.35 bits per heavy atom. The van der Waals surface area contributed by atoms with Gasteiger partial charge in [0.1, 0.15) is 17.4 Å². The van der Waals surface area contributed by atoms with Crippen LogP contribution in [0, 0.1) is 28.6 Å². The number of nitriles is 2. The van der Waals surface area contributed by atoms with Crippen LogP contribution in [0.15, 0.2) is 17.1 Å². The first-order valence-electron chi connectivity index (χ1n) is 4.92. The molecule has 0 saturated heterocycles. The maximum Gasteiger partial charge on any atom is 0.421 e. The van der Waals surface area contributed by atoms with E-state index in [2.05, 4.69) is 4.99 Å². The molecule has 0 spiro atoms. The molecule has 0 saturated carbocycles. The second-order valence-electron chi connectivity index (χ2n) is 3.29. The molecule has 20 heavy (non-hydrogen) atoms. The third-order valence-electron chi connectivity index (χ3n) is 2.10. The standard InChI is InChI=1S/C11H6F4N4S/c1-20-10(18-5-17)19-9-6(4-16)2-3-7(12)8(9)11(13,14)15/h2-3H,1H3,(H,18,19). The maximum absolute atomic E-state index is 13.4. The molecule has 1 aromatic rings. The number of alkyl halides is 3. The van der Waals surface area contributed by atoms with Crippen molar-refractivity contribution >= 4 is 22.6 Å². The summed E-state index contributed by atoms with van der Waals surface area (Å²) >= 11 is 0.851. The molecular weight excluding hydrogens is 296 g/mol. The zero-order chi connectivity index (χ0) is 15.3. The van der Waals surface area contributed by atoms with Crippen molar-refractivity contribution in [3.8, 4) is 12.3 Å². The van der Waals surface area contributed by atoms with Crippen molar-refractivity contribution in [1.82, 2.24) is 5.32 Å². The Kier molecular flexibility index (Phi) is 4.94. The Bertz CT molecular complexity index is 625. The Labute approximate surface area is 115 Å². The lowest BCUT2D eigenvalue weighted by Crippen LogP contribution is -2.14. The summed E-state index contributed by atoms with van der Waals surface area (Å²) in [5.41, 5.74) is -2.93. The van der Waals surface area contributed by atoms with Gasteiger partial charge in [0.25, 0.3) is 0 Å². The zero-order valence-electron chi connectivity index (χ0n) is 9.92. The predicted molar refractivity (Wildman–Crippen MR) is 65.5 cm³/mol. The largest absolute Gasteiger partial charge is 0.421 e. The number of nitrogens with zero attached hydrogens (tertiary/aromatic N) is 3. The molecule has 9 heteroatoms. The van der Waals surface area contributed by atoms with Crippen LogP contribution in [-0.2, 0) is 6.18 Å². The summed E-state index contributed by atoms with van der Waals surface area (Å²) < 4.78 is 52.0. The van der Waals surface area contributed by atoms with Crippen molar-refractivity contribution in [3.63, 3.8) is 0 Å². The molecule has 0 unspecified atom stereocenters. The van der Waals surface area contributed by atoms with E-state index in [1.165, 1.54) is 18.5 Å². The van der Waals surface area contributed by atoms with Gasteiger partial charge in [0.05, 0.1) is 11.3 Å². The highest BCUT2D eigenvalue weighted by Gasteiger charge is 2.38. The van der Waals surface area contributed by atoms with Crippen molar-refractivity contribution in [2.45, 2.75) is 6.18 Å². The van der Waals surface area contributed by atoms with E-state index in [9.17, 15) is 17.6 Å². The van der Waals surface area contributed by atoms with Gasteiger partial charge in [-0.05, 0) is 18.4 Å².